The topological polar surface area (TPSA) is 101 Å². The van der Waals surface area contributed by atoms with Gasteiger partial charge in [0, 0.05) is 12.1 Å². The number of nitrogens with one attached hydrogen (secondary N) is 1. The molecule has 35 heavy (non-hydrogen) atoms. The summed E-state index contributed by atoms with van der Waals surface area (Å²) in [5.41, 5.74) is 2.41. The Bertz CT molecular complexity index is 1360. The van der Waals surface area contributed by atoms with Crippen molar-refractivity contribution >= 4 is 28.2 Å². The summed E-state index contributed by atoms with van der Waals surface area (Å²) in [6, 6.07) is 4.09. The van der Waals surface area contributed by atoms with Crippen LogP contribution in [0.4, 0.5) is 11.6 Å². The molecule has 5 rings (SSSR count). The van der Waals surface area contributed by atoms with Crippen molar-refractivity contribution < 1.29 is 14.2 Å². The number of nitrogens with zero attached hydrogens (tertiary/aromatic N) is 6. The molecule has 1 fully saturated rings. The fourth-order valence-corrected chi connectivity index (χ4v) is 4.49. The summed E-state index contributed by atoms with van der Waals surface area (Å²) in [7, 11) is 4.76. The third kappa shape index (κ3) is 4.16. The van der Waals surface area contributed by atoms with Gasteiger partial charge in [-0.3, -0.25) is 0 Å². The van der Waals surface area contributed by atoms with E-state index < -0.39 is 0 Å². The van der Waals surface area contributed by atoms with Gasteiger partial charge in [0.25, 0.3) is 0 Å². The zero-order valence-corrected chi connectivity index (χ0v) is 20.4. The summed E-state index contributed by atoms with van der Waals surface area (Å²) in [5, 5.41) is 8.87. The second kappa shape index (κ2) is 9.28. The monoisotopic (exact) mass is 475 g/mol. The quantitative estimate of drug-likeness (QED) is 0.383. The van der Waals surface area contributed by atoms with Crippen LogP contribution in [0.1, 0.15) is 44.5 Å². The molecule has 1 N–H and O–H groups in total. The molecule has 3 heterocycles. The molecule has 0 amide bonds. The predicted molar refractivity (Wildman–Crippen MR) is 134 cm³/mol. The van der Waals surface area contributed by atoms with Gasteiger partial charge >= 0.3 is 0 Å². The average Bonchev–Trinajstić information content (AvgIpc) is 3.63. The van der Waals surface area contributed by atoms with Crippen molar-refractivity contribution in [3.05, 3.63) is 43.3 Å². The number of ether oxygens (including phenoxy) is 3. The predicted octanol–water partition coefficient (Wildman–Crippen LogP) is 4.93. The number of hydrogen-bond donors (Lipinski definition) is 1. The van der Waals surface area contributed by atoms with Crippen LogP contribution in [-0.2, 0) is 0 Å². The molecular weight excluding hydrogens is 446 g/mol. The third-order valence-electron chi connectivity index (χ3n) is 6.28. The first-order chi connectivity index (χ1) is 17.0. The first-order valence-corrected chi connectivity index (χ1v) is 11.5. The lowest BCUT2D eigenvalue weighted by atomic mass is 10.2. The van der Waals surface area contributed by atoms with Crippen LogP contribution in [0.25, 0.3) is 22.3 Å². The van der Waals surface area contributed by atoms with Crippen LogP contribution in [0.5, 0.6) is 17.2 Å². The molecule has 182 valence electrons. The molecule has 1 saturated carbocycles. The molecule has 10 heteroatoms. The zero-order chi connectivity index (χ0) is 24.5. The maximum Gasteiger partial charge on any atom is 0.203 e. The van der Waals surface area contributed by atoms with Gasteiger partial charge in [-0.1, -0.05) is 19.4 Å². The van der Waals surface area contributed by atoms with Gasteiger partial charge in [0.15, 0.2) is 23.0 Å². The minimum atomic E-state index is 0.368. The van der Waals surface area contributed by atoms with Gasteiger partial charge in [-0.2, -0.15) is 5.10 Å². The molecule has 10 nitrogen and oxygen atoms in total. The minimum absolute atomic E-state index is 0.368. The van der Waals surface area contributed by atoms with Crippen molar-refractivity contribution in [3.8, 4) is 22.9 Å². The fourth-order valence-electron chi connectivity index (χ4n) is 4.49. The van der Waals surface area contributed by atoms with E-state index in [-0.39, 0.29) is 0 Å². The van der Waals surface area contributed by atoms with Gasteiger partial charge in [-0.25, -0.2) is 19.6 Å². The normalized spacial score (nSPS) is 13.8. The summed E-state index contributed by atoms with van der Waals surface area (Å²) in [5.74, 6) is 3.52. The molecule has 0 bridgehead atoms. The Morgan fingerprint density at radius 2 is 1.77 bits per heavy atom. The number of methoxy groups -OCH3 is 3. The number of anilines is 2. The lowest BCUT2D eigenvalue weighted by molar-refractivity contribution is 0.324. The van der Waals surface area contributed by atoms with E-state index >= 15 is 0 Å². The Morgan fingerprint density at radius 3 is 2.40 bits per heavy atom. The molecular formula is C25H29N7O3. The number of hydrogen-bond acceptors (Lipinski definition) is 8. The lowest BCUT2D eigenvalue weighted by Crippen LogP contribution is -2.08. The first-order valence-electron chi connectivity index (χ1n) is 11.5. The summed E-state index contributed by atoms with van der Waals surface area (Å²) in [6.45, 7) is 5.95. The van der Waals surface area contributed by atoms with Crippen molar-refractivity contribution in [2.75, 3.05) is 26.6 Å². The van der Waals surface area contributed by atoms with Crippen molar-refractivity contribution in [1.29, 1.82) is 0 Å². The Labute approximate surface area is 203 Å². The molecule has 0 spiro atoms. The van der Waals surface area contributed by atoms with E-state index in [1.54, 1.807) is 27.7 Å². The maximum absolute atomic E-state index is 5.48. The highest BCUT2D eigenvalue weighted by Crippen LogP contribution is 2.39. The smallest absolute Gasteiger partial charge is 0.203 e. The number of imidazole rings is 1. The number of aromatic nitrogens is 6. The van der Waals surface area contributed by atoms with Gasteiger partial charge in [0.2, 0.25) is 5.75 Å². The van der Waals surface area contributed by atoms with Crippen LogP contribution in [0.15, 0.2) is 37.4 Å². The van der Waals surface area contributed by atoms with Crippen LogP contribution in [-0.4, -0.2) is 50.6 Å². The fraction of sp³-hybridized carbons (Fsp3) is 0.360. The van der Waals surface area contributed by atoms with Crippen molar-refractivity contribution in [1.82, 2.24) is 29.3 Å². The highest BCUT2D eigenvalue weighted by molar-refractivity contribution is 5.89. The molecule has 0 aliphatic heterocycles. The van der Waals surface area contributed by atoms with Crippen LogP contribution in [0, 0.1) is 0 Å². The van der Waals surface area contributed by atoms with Crippen molar-refractivity contribution in [3.63, 3.8) is 0 Å². The van der Waals surface area contributed by atoms with E-state index in [1.807, 2.05) is 40.7 Å². The number of benzene rings is 1. The second-order valence-corrected chi connectivity index (χ2v) is 8.62. The van der Waals surface area contributed by atoms with Crippen molar-refractivity contribution in [2.24, 2.45) is 0 Å². The molecule has 0 radical (unpaired) electrons. The highest BCUT2D eigenvalue weighted by atomic mass is 16.5. The molecule has 1 aliphatic rings. The minimum Gasteiger partial charge on any atom is -0.493 e. The summed E-state index contributed by atoms with van der Waals surface area (Å²) in [6.07, 6.45) is 10.1. The Balaban J connectivity index is 1.51. The van der Waals surface area contributed by atoms with E-state index in [2.05, 4.69) is 22.0 Å². The van der Waals surface area contributed by atoms with E-state index in [0.29, 0.717) is 40.8 Å². The summed E-state index contributed by atoms with van der Waals surface area (Å²) in [4.78, 5) is 14.0. The van der Waals surface area contributed by atoms with Gasteiger partial charge in [-0.05, 0) is 25.3 Å². The van der Waals surface area contributed by atoms with Crippen molar-refractivity contribution in [2.45, 2.75) is 38.6 Å². The number of fused-ring (bicyclic) bond motifs is 1. The summed E-state index contributed by atoms with van der Waals surface area (Å²) >= 11 is 0. The highest BCUT2D eigenvalue weighted by Gasteiger charge is 2.23. The molecule has 0 unspecified atom stereocenters. The Kier molecular flexibility index (Phi) is 6.02. The van der Waals surface area contributed by atoms with Crippen LogP contribution >= 0.6 is 0 Å². The molecule has 1 aliphatic carbocycles. The van der Waals surface area contributed by atoms with Crippen LogP contribution in [0.2, 0.25) is 0 Å². The molecule has 3 aromatic heterocycles. The van der Waals surface area contributed by atoms with E-state index in [4.69, 9.17) is 24.2 Å². The SMILES string of the molecule is C=C(C)c1nc(Nc2cn(-c3cc(OC)c(OC)c(OC)c3)cn2)c2cnn(C3CCCC3)c2n1. The second-order valence-electron chi connectivity index (χ2n) is 8.62. The van der Waals surface area contributed by atoms with Gasteiger partial charge in [0.05, 0.1) is 50.8 Å². The Morgan fingerprint density at radius 1 is 1.06 bits per heavy atom. The van der Waals surface area contributed by atoms with Gasteiger partial charge < -0.3 is 24.1 Å². The van der Waals surface area contributed by atoms with E-state index in [1.165, 1.54) is 12.8 Å². The number of rotatable bonds is 8. The van der Waals surface area contributed by atoms with Gasteiger partial charge in [-0.15, -0.1) is 0 Å². The third-order valence-corrected chi connectivity index (χ3v) is 6.28. The van der Waals surface area contributed by atoms with Gasteiger partial charge in [0.1, 0.15) is 18.0 Å². The van der Waals surface area contributed by atoms with E-state index in [9.17, 15) is 0 Å². The molecule has 1 aromatic carbocycles. The average molecular weight is 476 g/mol. The molecule has 4 aromatic rings. The maximum atomic E-state index is 5.48. The Hall–Kier alpha value is -4.08. The molecule has 0 atom stereocenters. The zero-order valence-electron chi connectivity index (χ0n) is 20.4. The standard InChI is InChI=1S/C25H29N7O3/c1-15(2)23-29-24(18-12-27-32(25(18)30-23)16-8-6-7-9-16)28-21-13-31(14-26-21)17-10-19(33-3)22(35-5)20(11-17)34-4/h10-14,16H,1,6-9H2,2-5H3,(H,28,29,30). The summed E-state index contributed by atoms with van der Waals surface area (Å²) < 4.78 is 20.3. The largest absolute Gasteiger partial charge is 0.493 e. The number of allylic oxidation sites excluding steroid dienone is 1. The van der Waals surface area contributed by atoms with Crippen LogP contribution in [0.3, 0.4) is 0 Å². The lowest BCUT2D eigenvalue weighted by Gasteiger charge is -2.14. The van der Waals surface area contributed by atoms with E-state index in [0.717, 1.165) is 35.1 Å². The molecule has 0 saturated heterocycles. The van der Waals surface area contributed by atoms with Crippen LogP contribution < -0.4 is 19.5 Å². The first kappa shape index (κ1) is 22.7.